The molecule has 22 heavy (non-hydrogen) atoms. The Morgan fingerprint density at radius 1 is 1.14 bits per heavy atom. The third-order valence-electron chi connectivity index (χ3n) is 5.08. The van der Waals surface area contributed by atoms with Gasteiger partial charge in [0.05, 0.1) is 0 Å². The van der Waals surface area contributed by atoms with E-state index in [2.05, 4.69) is 67.9 Å². The van der Waals surface area contributed by atoms with Gasteiger partial charge in [-0.3, -0.25) is 0 Å². The molecule has 1 aliphatic carbocycles. The van der Waals surface area contributed by atoms with E-state index in [4.69, 9.17) is 0 Å². The lowest BCUT2D eigenvalue weighted by molar-refractivity contribution is 0.390. The molecule has 2 heteroatoms. The first-order valence-corrected chi connectivity index (χ1v) is 8.52. The number of hydrogen-bond acceptors (Lipinski definition) is 1. The van der Waals surface area contributed by atoms with E-state index in [1.807, 2.05) is 0 Å². The summed E-state index contributed by atoms with van der Waals surface area (Å²) in [5.74, 6) is 0.818. The van der Waals surface area contributed by atoms with Gasteiger partial charge in [-0.05, 0) is 62.0 Å². The highest BCUT2D eigenvalue weighted by atomic mass is 15.1. The second-order valence-corrected chi connectivity index (χ2v) is 6.90. The van der Waals surface area contributed by atoms with Crippen LogP contribution in [0.15, 0.2) is 30.3 Å². The van der Waals surface area contributed by atoms with E-state index in [1.165, 1.54) is 47.3 Å². The largest absolute Gasteiger partial charge is 0.346 e. The predicted molar refractivity (Wildman–Crippen MR) is 94.2 cm³/mol. The van der Waals surface area contributed by atoms with Crippen molar-refractivity contribution in [2.45, 2.75) is 45.1 Å². The molecule has 2 nitrogen and oxygen atoms in total. The molecule has 118 valence electrons. The molecule has 1 aliphatic rings. The van der Waals surface area contributed by atoms with Gasteiger partial charge in [-0.1, -0.05) is 37.6 Å². The highest BCUT2D eigenvalue weighted by Crippen LogP contribution is 2.37. The van der Waals surface area contributed by atoms with Gasteiger partial charge in [0.1, 0.15) is 0 Å². The first kappa shape index (κ1) is 15.4. The molecule has 0 spiro atoms. The van der Waals surface area contributed by atoms with Gasteiger partial charge in [0, 0.05) is 25.0 Å². The van der Waals surface area contributed by atoms with E-state index in [1.54, 1.807) is 0 Å². The zero-order valence-corrected chi connectivity index (χ0v) is 14.4. The Kier molecular flexibility index (Phi) is 4.39. The molecule has 1 fully saturated rings. The van der Waals surface area contributed by atoms with Crippen molar-refractivity contribution in [2.75, 3.05) is 14.1 Å². The number of aryl methyl sites for hydroxylation is 1. The topological polar surface area (TPSA) is 8.17 Å². The lowest BCUT2D eigenvalue weighted by Gasteiger charge is -2.25. The maximum atomic E-state index is 2.37. The maximum Gasteiger partial charge on any atom is 0.0483 e. The molecule has 0 radical (unpaired) electrons. The summed E-state index contributed by atoms with van der Waals surface area (Å²) in [7, 11) is 6.48. The quantitative estimate of drug-likeness (QED) is 0.784. The smallest absolute Gasteiger partial charge is 0.0483 e. The maximum absolute atomic E-state index is 2.37. The van der Waals surface area contributed by atoms with Crippen LogP contribution in [0, 0.1) is 0 Å². The lowest BCUT2D eigenvalue weighted by Crippen LogP contribution is -2.15. The Hall–Kier alpha value is -1.54. The molecule has 0 aliphatic heterocycles. The van der Waals surface area contributed by atoms with Crippen molar-refractivity contribution in [1.29, 1.82) is 0 Å². The fourth-order valence-electron chi connectivity index (χ4n) is 3.46. The third-order valence-corrected chi connectivity index (χ3v) is 5.08. The van der Waals surface area contributed by atoms with Gasteiger partial charge in [-0.15, -0.1) is 0 Å². The minimum atomic E-state index is 0.818. The second-order valence-electron chi connectivity index (χ2n) is 6.90. The van der Waals surface area contributed by atoms with Crippen LogP contribution < -0.4 is 0 Å². The summed E-state index contributed by atoms with van der Waals surface area (Å²) in [6.07, 6.45) is 5.24. The molecule has 0 amide bonds. The van der Waals surface area contributed by atoms with Crippen LogP contribution in [-0.4, -0.2) is 23.6 Å². The molecule has 1 heterocycles. The monoisotopic (exact) mass is 296 g/mol. The van der Waals surface area contributed by atoms with Crippen LogP contribution in [0.2, 0.25) is 0 Å². The van der Waals surface area contributed by atoms with Crippen molar-refractivity contribution in [1.82, 2.24) is 9.47 Å². The second kappa shape index (κ2) is 6.29. The molecule has 1 aromatic carbocycles. The first-order chi connectivity index (χ1) is 10.6. The highest BCUT2D eigenvalue weighted by Gasteiger charge is 2.19. The van der Waals surface area contributed by atoms with Crippen LogP contribution in [0.3, 0.4) is 0 Å². The van der Waals surface area contributed by atoms with Gasteiger partial charge in [0.25, 0.3) is 0 Å². The van der Waals surface area contributed by atoms with E-state index < -0.39 is 0 Å². The Morgan fingerprint density at radius 3 is 2.32 bits per heavy atom. The minimum Gasteiger partial charge on any atom is -0.346 e. The molecule has 0 atom stereocenters. The zero-order chi connectivity index (χ0) is 15.7. The Morgan fingerprint density at radius 2 is 1.82 bits per heavy atom. The summed E-state index contributed by atoms with van der Waals surface area (Å²) in [6, 6.07) is 11.7. The summed E-state index contributed by atoms with van der Waals surface area (Å²) in [6.45, 7) is 3.25. The molecular formula is C20H28N2. The molecular weight excluding hydrogens is 268 g/mol. The van der Waals surface area contributed by atoms with Gasteiger partial charge in [0.15, 0.2) is 0 Å². The Bertz CT molecular complexity index is 630. The van der Waals surface area contributed by atoms with Crippen molar-refractivity contribution in [3.8, 4) is 11.3 Å². The average molecular weight is 296 g/mol. The van der Waals surface area contributed by atoms with Crippen molar-refractivity contribution in [3.63, 3.8) is 0 Å². The van der Waals surface area contributed by atoms with Crippen LogP contribution in [-0.2, 0) is 20.0 Å². The van der Waals surface area contributed by atoms with Gasteiger partial charge < -0.3 is 9.47 Å². The Balaban J connectivity index is 1.91. The Labute approximate surface area is 134 Å². The lowest BCUT2D eigenvalue weighted by atomic mass is 9.80. The number of nitrogens with zero attached hydrogens (tertiary/aromatic N) is 2. The predicted octanol–water partition coefficient (Wildman–Crippen LogP) is 4.58. The van der Waals surface area contributed by atoms with E-state index in [0.717, 1.165) is 18.9 Å². The van der Waals surface area contributed by atoms with Crippen LogP contribution >= 0.6 is 0 Å². The third kappa shape index (κ3) is 2.85. The van der Waals surface area contributed by atoms with Gasteiger partial charge in [-0.2, -0.15) is 0 Å². The fourth-order valence-corrected chi connectivity index (χ4v) is 3.46. The number of benzene rings is 1. The van der Waals surface area contributed by atoms with Crippen LogP contribution in [0.5, 0.6) is 0 Å². The molecule has 1 saturated carbocycles. The summed E-state index contributed by atoms with van der Waals surface area (Å²) >= 11 is 0. The first-order valence-electron chi connectivity index (χ1n) is 8.52. The van der Waals surface area contributed by atoms with Crippen LogP contribution in [0.1, 0.15) is 48.9 Å². The standard InChI is InChI=1S/C20H28N2/c1-5-15-13-19(22(4)20(15)14-21(2)3)18-11-9-17(10-12-18)16-7-6-8-16/h9-13,16H,5-8,14H2,1-4H3. The molecule has 0 saturated heterocycles. The van der Waals surface area contributed by atoms with Crippen molar-refractivity contribution < 1.29 is 0 Å². The van der Waals surface area contributed by atoms with Crippen molar-refractivity contribution in [2.24, 2.45) is 7.05 Å². The molecule has 1 aromatic heterocycles. The fraction of sp³-hybridized carbons (Fsp3) is 0.500. The van der Waals surface area contributed by atoms with E-state index in [-0.39, 0.29) is 0 Å². The molecule has 2 aromatic rings. The van der Waals surface area contributed by atoms with E-state index in [0.29, 0.717) is 0 Å². The van der Waals surface area contributed by atoms with Crippen LogP contribution in [0.4, 0.5) is 0 Å². The number of rotatable bonds is 5. The van der Waals surface area contributed by atoms with Gasteiger partial charge in [0.2, 0.25) is 0 Å². The molecule has 3 rings (SSSR count). The van der Waals surface area contributed by atoms with Crippen molar-refractivity contribution in [3.05, 3.63) is 47.2 Å². The normalized spacial score (nSPS) is 15.3. The SMILES string of the molecule is CCc1cc(-c2ccc(C3CCC3)cc2)n(C)c1CN(C)C. The summed E-state index contributed by atoms with van der Waals surface area (Å²) in [5.41, 5.74) is 7.10. The zero-order valence-electron chi connectivity index (χ0n) is 14.4. The van der Waals surface area contributed by atoms with Crippen LogP contribution in [0.25, 0.3) is 11.3 Å². The average Bonchev–Trinajstić information content (AvgIpc) is 2.74. The number of hydrogen-bond donors (Lipinski definition) is 0. The molecule has 0 unspecified atom stereocenters. The van der Waals surface area contributed by atoms with Crippen molar-refractivity contribution >= 4 is 0 Å². The summed E-state index contributed by atoms with van der Waals surface area (Å²) in [5, 5.41) is 0. The van der Waals surface area contributed by atoms with E-state index in [9.17, 15) is 0 Å². The molecule has 0 bridgehead atoms. The minimum absolute atomic E-state index is 0.818. The number of aromatic nitrogens is 1. The summed E-state index contributed by atoms with van der Waals surface area (Å²) in [4.78, 5) is 2.25. The summed E-state index contributed by atoms with van der Waals surface area (Å²) < 4.78 is 2.37. The van der Waals surface area contributed by atoms with E-state index >= 15 is 0 Å². The molecule has 0 N–H and O–H groups in total. The highest BCUT2D eigenvalue weighted by molar-refractivity contribution is 5.63. The van der Waals surface area contributed by atoms with Gasteiger partial charge in [-0.25, -0.2) is 0 Å². The van der Waals surface area contributed by atoms with Gasteiger partial charge >= 0.3 is 0 Å².